The smallest absolute Gasteiger partial charge is 0.192 e. The van der Waals surface area contributed by atoms with Gasteiger partial charge in [0.15, 0.2) is 11.8 Å². The minimum Gasteiger partial charge on any atom is -0.379 e. The van der Waals surface area contributed by atoms with Crippen LogP contribution in [0.3, 0.4) is 0 Å². The van der Waals surface area contributed by atoms with Crippen LogP contribution >= 0.6 is 35.3 Å². The number of hydrogen-bond acceptors (Lipinski definition) is 5. The Morgan fingerprint density at radius 3 is 3.00 bits per heavy atom. The molecule has 0 saturated carbocycles. The summed E-state index contributed by atoms with van der Waals surface area (Å²) >= 11 is 1.73. The Kier molecular flexibility index (Phi) is 7.43. The molecule has 2 aromatic heterocycles. The molecule has 1 atom stereocenters. The van der Waals surface area contributed by atoms with Crippen LogP contribution in [-0.2, 0) is 24.9 Å². The molecule has 9 heteroatoms. The zero-order chi connectivity index (χ0) is 16.1. The van der Waals surface area contributed by atoms with Crippen LogP contribution < -0.4 is 10.6 Å². The number of halogens is 1. The summed E-state index contributed by atoms with van der Waals surface area (Å²) in [5.41, 5.74) is 0. The Morgan fingerprint density at radius 2 is 2.38 bits per heavy atom. The molecular weight excluding hydrogens is 439 g/mol. The Hall–Kier alpha value is -1.20. The van der Waals surface area contributed by atoms with Crippen LogP contribution in [0.2, 0.25) is 0 Å². The van der Waals surface area contributed by atoms with Crippen LogP contribution in [0.4, 0.5) is 0 Å². The van der Waals surface area contributed by atoms with Crippen molar-refractivity contribution in [1.29, 1.82) is 0 Å². The molecule has 0 spiro atoms. The highest BCUT2D eigenvalue weighted by Gasteiger charge is 2.17. The van der Waals surface area contributed by atoms with E-state index >= 15 is 0 Å². The lowest BCUT2D eigenvalue weighted by molar-refractivity contribution is 0.192. The number of aromatic nitrogens is 3. The molecular formula is C15H23IN6OS. The van der Waals surface area contributed by atoms with Gasteiger partial charge in [0, 0.05) is 18.5 Å². The lowest BCUT2D eigenvalue weighted by Gasteiger charge is -2.16. The van der Waals surface area contributed by atoms with Gasteiger partial charge in [-0.3, -0.25) is 0 Å². The molecule has 7 nitrogen and oxygen atoms in total. The number of aryl methyl sites for hydroxylation is 1. The standard InChI is InChI=1S/C15H22N6OS.HI/c1-11-19-20-14(21(11)2)9-17-15(18-12-5-6-22-10-12)16-8-13-4-3-7-23-13;/h3-4,7,12H,5-6,8-10H2,1-2H3,(H2,16,17,18);1H. The van der Waals surface area contributed by atoms with Gasteiger partial charge in [0.25, 0.3) is 0 Å². The monoisotopic (exact) mass is 462 g/mol. The van der Waals surface area contributed by atoms with Gasteiger partial charge in [-0.25, -0.2) is 4.99 Å². The van der Waals surface area contributed by atoms with Crippen molar-refractivity contribution in [2.75, 3.05) is 13.2 Å². The zero-order valence-corrected chi connectivity index (χ0v) is 17.0. The van der Waals surface area contributed by atoms with E-state index in [4.69, 9.17) is 4.74 Å². The number of nitrogens with zero attached hydrogens (tertiary/aromatic N) is 4. The summed E-state index contributed by atoms with van der Waals surface area (Å²) in [5, 5.41) is 17.1. The van der Waals surface area contributed by atoms with Crippen molar-refractivity contribution in [3.05, 3.63) is 34.0 Å². The molecule has 1 aliphatic rings. The molecule has 0 aromatic carbocycles. The third kappa shape index (κ3) is 5.15. The number of ether oxygens (including phenoxy) is 1. The van der Waals surface area contributed by atoms with Crippen LogP contribution in [0.5, 0.6) is 0 Å². The maximum Gasteiger partial charge on any atom is 0.192 e. The molecule has 3 heterocycles. The van der Waals surface area contributed by atoms with Crippen LogP contribution in [-0.4, -0.2) is 40.0 Å². The number of aliphatic imine (C=N–C) groups is 1. The third-order valence-corrected chi connectivity index (χ3v) is 4.72. The van der Waals surface area contributed by atoms with Crippen molar-refractivity contribution in [2.45, 2.75) is 32.5 Å². The normalized spacial score (nSPS) is 17.6. The predicted octanol–water partition coefficient (Wildman–Crippen LogP) is 1.83. The molecule has 1 saturated heterocycles. The van der Waals surface area contributed by atoms with Crippen molar-refractivity contribution in [3.8, 4) is 0 Å². The summed E-state index contributed by atoms with van der Waals surface area (Å²) in [4.78, 5) is 5.93. The Labute approximate surface area is 162 Å². The van der Waals surface area contributed by atoms with Crippen molar-refractivity contribution in [2.24, 2.45) is 12.0 Å². The molecule has 0 aliphatic carbocycles. The quantitative estimate of drug-likeness (QED) is 0.403. The largest absolute Gasteiger partial charge is 0.379 e. The topological polar surface area (TPSA) is 76.4 Å². The molecule has 0 radical (unpaired) electrons. The lowest BCUT2D eigenvalue weighted by atomic mass is 10.3. The Balaban J connectivity index is 0.00000208. The van der Waals surface area contributed by atoms with Crippen molar-refractivity contribution in [3.63, 3.8) is 0 Å². The minimum absolute atomic E-state index is 0. The van der Waals surface area contributed by atoms with Crippen LogP contribution in [0, 0.1) is 6.92 Å². The highest BCUT2D eigenvalue weighted by molar-refractivity contribution is 14.0. The first kappa shape index (κ1) is 19.1. The first-order valence-electron chi connectivity index (χ1n) is 7.72. The average Bonchev–Trinajstić information content (AvgIpc) is 3.28. The van der Waals surface area contributed by atoms with Gasteiger partial charge in [-0.2, -0.15) is 0 Å². The van der Waals surface area contributed by atoms with E-state index in [9.17, 15) is 0 Å². The molecule has 2 aromatic rings. The zero-order valence-electron chi connectivity index (χ0n) is 13.9. The van der Waals surface area contributed by atoms with E-state index in [-0.39, 0.29) is 24.0 Å². The molecule has 0 amide bonds. The SMILES string of the molecule is Cc1nnc(CN=C(NCc2cccs2)NC2CCOC2)n1C.I. The minimum atomic E-state index is 0. The first-order valence-corrected chi connectivity index (χ1v) is 8.60. The molecule has 1 unspecified atom stereocenters. The molecule has 1 fully saturated rings. The molecule has 24 heavy (non-hydrogen) atoms. The second-order valence-electron chi connectivity index (χ2n) is 5.53. The Bertz CT molecular complexity index is 651. The van der Waals surface area contributed by atoms with Gasteiger partial charge in [0.05, 0.1) is 19.2 Å². The van der Waals surface area contributed by atoms with E-state index in [1.165, 1.54) is 4.88 Å². The van der Waals surface area contributed by atoms with Gasteiger partial charge in [-0.1, -0.05) is 6.07 Å². The summed E-state index contributed by atoms with van der Waals surface area (Å²) in [5.74, 6) is 2.53. The summed E-state index contributed by atoms with van der Waals surface area (Å²) in [6.45, 7) is 4.71. The van der Waals surface area contributed by atoms with E-state index in [1.54, 1.807) is 11.3 Å². The first-order chi connectivity index (χ1) is 11.2. The number of guanidine groups is 1. The number of nitrogens with one attached hydrogen (secondary N) is 2. The molecule has 1 aliphatic heterocycles. The summed E-state index contributed by atoms with van der Waals surface area (Å²) < 4.78 is 7.38. The van der Waals surface area contributed by atoms with Crippen LogP contribution in [0.25, 0.3) is 0 Å². The number of hydrogen-bond donors (Lipinski definition) is 2. The summed E-state index contributed by atoms with van der Waals surface area (Å²) in [7, 11) is 1.96. The van der Waals surface area contributed by atoms with Crippen LogP contribution in [0.1, 0.15) is 22.9 Å². The lowest BCUT2D eigenvalue weighted by Crippen LogP contribution is -2.43. The molecule has 2 N–H and O–H groups in total. The van der Waals surface area contributed by atoms with E-state index in [1.807, 2.05) is 18.5 Å². The van der Waals surface area contributed by atoms with Gasteiger partial charge >= 0.3 is 0 Å². The van der Waals surface area contributed by atoms with E-state index in [0.717, 1.165) is 43.8 Å². The fourth-order valence-electron chi connectivity index (χ4n) is 2.32. The highest BCUT2D eigenvalue weighted by Crippen LogP contribution is 2.08. The van der Waals surface area contributed by atoms with E-state index in [0.29, 0.717) is 12.6 Å². The van der Waals surface area contributed by atoms with Crippen LogP contribution in [0.15, 0.2) is 22.5 Å². The molecule has 0 bridgehead atoms. The third-order valence-electron chi connectivity index (χ3n) is 3.84. The maximum atomic E-state index is 5.42. The van der Waals surface area contributed by atoms with Crippen molar-refractivity contribution >= 4 is 41.3 Å². The average molecular weight is 462 g/mol. The summed E-state index contributed by atoms with van der Waals surface area (Å²) in [6, 6.07) is 4.48. The maximum absolute atomic E-state index is 5.42. The number of rotatable bonds is 5. The van der Waals surface area contributed by atoms with Gasteiger partial charge in [0.2, 0.25) is 0 Å². The van der Waals surface area contributed by atoms with Crippen molar-refractivity contribution in [1.82, 2.24) is 25.4 Å². The van der Waals surface area contributed by atoms with Gasteiger partial charge in [-0.15, -0.1) is 45.5 Å². The van der Waals surface area contributed by atoms with Crippen molar-refractivity contribution < 1.29 is 4.74 Å². The van der Waals surface area contributed by atoms with Gasteiger partial charge < -0.3 is 19.9 Å². The van der Waals surface area contributed by atoms with E-state index < -0.39 is 0 Å². The Morgan fingerprint density at radius 1 is 1.50 bits per heavy atom. The van der Waals surface area contributed by atoms with Gasteiger partial charge in [0.1, 0.15) is 12.4 Å². The molecule has 3 rings (SSSR count). The second-order valence-corrected chi connectivity index (χ2v) is 6.56. The fourth-order valence-corrected chi connectivity index (χ4v) is 2.96. The van der Waals surface area contributed by atoms with Gasteiger partial charge in [-0.05, 0) is 24.8 Å². The second kappa shape index (κ2) is 9.33. The summed E-state index contributed by atoms with van der Waals surface area (Å²) in [6.07, 6.45) is 1.00. The highest BCUT2D eigenvalue weighted by atomic mass is 127. The molecule has 132 valence electrons. The fraction of sp³-hybridized carbons (Fsp3) is 0.533. The van der Waals surface area contributed by atoms with E-state index in [2.05, 4.69) is 43.3 Å². The number of thiophene rings is 1. The predicted molar refractivity (Wildman–Crippen MR) is 106 cm³/mol.